The van der Waals surface area contributed by atoms with E-state index in [1.54, 1.807) is 6.07 Å². The molecule has 1 aromatic carbocycles. The number of aromatic nitrogens is 1. The highest BCUT2D eigenvalue weighted by molar-refractivity contribution is 6.01. The molecular weight excluding hydrogens is 296 g/mol. The average Bonchev–Trinajstić information content (AvgIpc) is 2.89. The van der Waals surface area contributed by atoms with Crippen molar-refractivity contribution in [1.29, 1.82) is 0 Å². The largest absolute Gasteiger partial charge is 0.351 e. The smallest absolute Gasteiger partial charge is 0.324 e. The monoisotopic (exact) mass is 312 g/mol. The molecular formula is C16H16N4O3. The molecule has 1 aliphatic rings. The average molecular weight is 312 g/mol. The molecule has 2 heterocycles. The van der Waals surface area contributed by atoms with Gasteiger partial charge in [-0.3, -0.25) is 14.5 Å². The first-order valence-electron chi connectivity index (χ1n) is 7.37. The Morgan fingerprint density at radius 1 is 1.22 bits per heavy atom. The molecule has 7 heteroatoms. The van der Waals surface area contributed by atoms with E-state index >= 15 is 0 Å². The van der Waals surface area contributed by atoms with E-state index in [9.17, 15) is 14.4 Å². The second-order valence-electron chi connectivity index (χ2n) is 5.20. The Kier molecular flexibility index (Phi) is 4.18. The van der Waals surface area contributed by atoms with E-state index in [1.807, 2.05) is 30.3 Å². The molecule has 1 fully saturated rings. The zero-order valence-corrected chi connectivity index (χ0v) is 12.4. The molecule has 1 aromatic heterocycles. The Hall–Kier alpha value is -2.96. The summed E-state index contributed by atoms with van der Waals surface area (Å²) in [6, 6.07) is 10.7. The summed E-state index contributed by atoms with van der Waals surface area (Å²) in [5.74, 6) is -0.509. The highest BCUT2D eigenvalue weighted by Crippen LogP contribution is 2.11. The molecule has 0 bridgehead atoms. The van der Waals surface area contributed by atoms with Crippen molar-refractivity contribution in [2.75, 3.05) is 19.6 Å². The Morgan fingerprint density at radius 2 is 2.04 bits per heavy atom. The molecule has 0 saturated carbocycles. The van der Waals surface area contributed by atoms with E-state index < -0.39 is 0 Å². The summed E-state index contributed by atoms with van der Waals surface area (Å²) in [5.41, 5.74) is 1.11. The van der Waals surface area contributed by atoms with Crippen LogP contribution in [0.5, 0.6) is 0 Å². The highest BCUT2D eigenvalue weighted by atomic mass is 16.2. The van der Waals surface area contributed by atoms with E-state index in [0.29, 0.717) is 18.7 Å². The number of imide groups is 1. The number of nitrogens with zero attached hydrogens (tertiary/aromatic N) is 2. The molecule has 4 amide bonds. The van der Waals surface area contributed by atoms with Gasteiger partial charge < -0.3 is 10.6 Å². The van der Waals surface area contributed by atoms with Crippen molar-refractivity contribution in [2.45, 2.75) is 6.42 Å². The van der Waals surface area contributed by atoms with E-state index in [0.717, 1.165) is 15.8 Å². The lowest BCUT2D eigenvalue weighted by atomic mass is 10.2. The van der Waals surface area contributed by atoms with Crippen LogP contribution in [0.25, 0.3) is 10.9 Å². The number of urea groups is 1. The second kappa shape index (κ2) is 6.43. The molecule has 0 spiro atoms. The fourth-order valence-electron chi connectivity index (χ4n) is 2.40. The number of hydrogen-bond acceptors (Lipinski definition) is 4. The van der Waals surface area contributed by atoms with Gasteiger partial charge in [0.2, 0.25) is 5.91 Å². The van der Waals surface area contributed by atoms with E-state index in [1.165, 1.54) is 0 Å². The number of pyridine rings is 1. The van der Waals surface area contributed by atoms with Gasteiger partial charge in [-0.2, -0.15) is 0 Å². The standard InChI is InChI=1S/C16H16N4O3/c21-14-10-18-16(23)20(14)9-3-8-17-15(22)13-7-6-11-4-1-2-5-12(11)19-13/h1-2,4-7H,3,8-10H2,(H,17,22)(H,18,23). The minimum atomic E-state index is -0.377. The van der Waals surface area contributed by atoms with Crippen molar-refractivity contribution < 1.29 is 14.4 Å². The number of para-hydroxylation sites is 1. The lowest BCUT2D eigenvalue weighted by Crippen LogP contribution is -2.34. The van der Waals surface area contributed by atoms with Gasteiger partial charge in [0.25, 0.3) is 5.91 Å². The number of rotatable bonds is 5. The van der Waals surface area contributed by atoms with Gasteiger partial charge in [0.1, 0.15) is 5.69 Å². The number of fused-ring (bicyclic) bond motifs is 1. The maximum absolute atomic E-state index is 12.1. The van der Waals surface area contributed by atoms with Gasteiger partial charge in [-0.1, -0.05) is 24.3 Å². The lowest BCUT2D eigenvalue weighted by molar-refractivity contribution is -0.125. The summed E-state index contributed by atoms with van der Waals surface area (Å²) in [6.45, 7) is 0.701. The van der Waals surface area contributed by atoms with Crippen LogP contribution in [0.4, 0.5) is 4.79 Å². The third kappa shape index (κ3) is 3.28. The first kappa shape index (κ1) is 15.0. The molecule has 0 radical (unpaired) electrons. The van der Waals surface area contributed by atoms with Gasteiger partial charge in [-0.05, 0) is 18.6 Å². The second-order valence-corrected chi connectivity index (χ2v) is 5.20. The third-order valence-corrected chi connectivity index (χ3v) is 3.61. The van der Waals surface area contributed by atoms with Gasteiger partial charge in [-0.15, -0.1) is 0 Å². The summed E-state index contributed by atoms with van der Waals surface area (Å²) in [7, 11) is 0. The van der Waals surface area contributed by atoms with Gasteiger partial charge in [0.05, 0.1) is 12.1 Å². The highest BCUT2D eigenvalue weighted by Gasteiger charge is 2.27. The van der Waals surface area contributed by atoms with E-state index in [4.69, 9.17) is 0 Å². The van der Waals surface area contributed by atoms with Crippen LogP contribution in [0, 0.1) is 0 Å². The number of hydrogen-bond donors (Lipinski definition) is 2. The molecule has 0 atom stereocenters. The van der Waals surface area contributed by atoms with Gasteiger partial charge >= 0.3 is 6.03 Å². The van der Waals surface area contributed by atoms with Crippen LogP contribution in [-0.2, 0) is 4.79 Å². The maximum Gasteiger partial charge on any atom is 0.324 e. The number of carbonyl (C=O) groups is 3. The molecule has 23 heavy (non-hydrogen) atoms. The van der Waals surface area contributed by atoms with E-state index in [-0.39, 0.29) is 30.9 Å². The van der Waals surface area contributed by atoms with E-state index in [2.05, 4.69) is 15.6 Å². The van der Waals surface area contributed by atoms with Crippen molar-refractivity contribution >= 4 is 28.7 Å². The summed E-state index contributed by atoms with van der Waals surface area (Å²) in [4.78, 5) is 40.3. The Labute approximate surface area is 132 Å². The summed E-state index contributed by atoms with van der Waals surface area (Å²) >= 11 is 0. The fourth-order valence-corrected chi connectivity index (χ4v) is 2.40. The molecule has 0 unspecified atom stereocenters. The molecule has 1 aliphatic heterocycles. The Bertz CT molecular complexity index is 759. The van der Waals surface area contributed by atoms with Crippen LogP contribution < -0.4 is 10.6 Å². The van der Waals surface area contributed by atoms with Crippen molar-refractivity contribution in [3.63, 3.8) is 0 Å². The summed E-state index contributed by atoms with van der Waals surface area (Å²) in [5, 5.41) is 6.17. The minimum Gasteiger partial charge on any atom is -0.351 e. The minimum absolute atomic E-state index is 0.0478. The predicted octanol–water partition coefficient (Wildman–Crippen LogP) is 0.906. The van der Waals surface area contributed by atoms with Crippen molar-refractivity contribution in [2.24, 2.45) is 0 Å². The Morgan fingerprint density at radius 3 is 2.83 bits per heavy atom. The molecule has 2 N–H and O–H groups in total. The zero-order chi connectivity index (χ0) is 16.2. The molecule has 0 aliphatic carbocycles. The number of benzene rings is 1. The van der Waals surface area contributed by atoms with Gasteiger partial charge in [0, 0.05) is 18.5 Å². The van der Waals surface area contributed by atoms with Crippen LogP contribution in [-0.4, -0.2) is 47.4 Å². The third-order valence-electron chi connectivity index (χ3n) is 3.61. The first-order valence-corrected chi connectivity index (χ1v) is 7.37. The first-order chi connectivity index (χ1) is 11.1. The van der Waals surface area contributed by atoms with Crippen LogP contribution in [0.2, 0.25) is 0 Å². The lowest BCUT2D eigenvalue weighted by Gasteiger charge is -2.12. The molecule has 1 saturated heterocycles. The van der Waals surface area contributed by atoms with Crippen molar-refractivity contribution in [3.8, 4) is 0 Å². The summed E-state index contributed by atoms with van der Waals surface area (Å²) < 4.78 is 0. The normalized spacial score (nSPS) is 14.2. The summed E-state index contributed by atoms with van der Waals surface area (Å²) in [6.07, 6.45) is 0.498. The quantitative estimate of drug-likeness (QED) is 0.634. The molecule has 2 aromatic rings. The molecule has 3 rings (SSSR count). The van der Waals surface area contributed by atoms with Gasteiger partial charge in [0.15, 0.2) is 0 Å². The van der Waals surface area contributed by atoms with Crippen LogP contribution in [0.1, 0.15) is 16.9 Å². The van der Waals surface area contributed by atoms with Crippen molar-refractivity contribution in [3.05, 3.63) is 42.1 Å². The van der Waals surface area contributed by atoms with Crippen LogP contribution in [0.15, 0.2) is 36.4 Å². The molecule has 118 valence electrons. The van der Waals surface area contributed by atoms with Gasteiger partial charge in [-0.25, -0.2) is 9.78 Å². The van der Waals surface area contributed by atoms with Crippen LogP contribution in [0.3, 0.4) is 0 Å². The Balaban J connectivity index is 1.52. The van der Waals surface area contributed by atoms with Crippen LogP contribution >= 0.6 is 0 Å². The zero-order valence-electron chi connectivity index (χ0n) is 12.4. The number of nitrogens with one attached hydrogen (secondary N) is 2. The topological polar surface area (TPSA) is 91.4 Å². The fraction of sp³-hybridized carbons (Fsp3) is 0.250. The predicted molar refractivity (Wildman–Crippen MR) is 83.8 cm³/mol. The van der Waals surface area contributed by atoms with Crippen molar-refractivity contribution in [1.82, 2.24) is 20.5 Å². The number of carbonyl (C=O) groups excluding carboxylic acids is 3. The number of amides is 4. The SMILES string of the molecule is O=C(NCCCN1C(=O)CNC1=O)c1ccc2ccccc2n1. The maximum atomic E-state index is 12.1. The molecule has 7 nitrogen and oxygen atoms in total.